The van der Waals surface area contributed by atoms with Crippen LogP contribution in [0.15, 0.2) is 24.3 Å². The first-order chi connectivity index (χ1) is 10.00. The first-order valence-electron chi connectivity index (χ1n) is 7.34. The van der Waals surface area contributed by atoms with E-state index in [-0.39, 0.29) is 23.9 Å². The van der Waals surface area contributed by atoms with Crippen LogP contribution in [0.3, 0.4) is 0 Å². The molecular weight excluding hydrogens is 288 g/mol. The Bertz CT molecular complexity index is 586. The highest BCUT2D eigenvalue weighted by atomic mass is 32.2. The van der Waals surface area contributed by atoms with Gasteiger partial charge in [-0.05, 0) is 29.9 Å². The van der Waals surface area contributed by atoms with Gasteiger partial charge in [-0.3, -0.25) is 4.79 Å². The van der Waals surface area contributed by atoms with Crippen LogP contribution in [0.2, 0.25) is 0 Å². The molecule has 0 heterocycles. The van der Waals surface area contributed by atoms with Crippen molar-refractivity contribution in [3.8, 4) is 0 Å². The second-order valence-electron chi connectivity index (χ2n) is 5.73. The van der Waals surface area contributed by atoms with E-state index in [2.05, 4.69) is 4.74 Å². The van der Waals surface area contributed by atoms with Gasteiger partial charge in [0.1, 0.15) is 0 Å². The Hall–Kier alpha value is -1.36. The second-order valence-corrected chi connectivity index (χ2v) is 7.84. The maximum absolute atomic E-state index is 12.3. The van der Waals surface area contributed by atoms with E-state index >= 15 is 0 Å². The van der Waals surface area contributed by atoms with Gasteiger partial charge in [0.2, 0.25) is 0 Å². The maximum atomic E-state index is 12.3. The van der Waals surface area contributed by atoms with Crippen LogP contribution >= 0.6 is 0 Å². The highest BCUT2D eigenvalue weighted by Crippen LogP contribution is 2.27. The van der Waals surface area contributed by atoms with E-state index < -0.39 is 9.84 Å². The molecule has 0 unspecified atom stereocenters. The molecule has 1 aliphatic carbocycles. The zero-order valence-corrected chi connectivity index (χ0v) is 13.2. The van der Waals surface area contributed by atoms with Crippen LogP contribution in [0.25, 0.3) is 0 Å². The van der Waals surface area contributed by atoms with Gasteiger partial charge in [-0.15, -0.1) is 0 Å². The van der Waals surface area contributed by atoms with Crippen LogP contribution in [0.1, 0.15) is 36.8 Å². The van der Waals surface area contributed by atoms with Crippen molar-refractivity contribution in [3.05, 3.63) is 35.4 Å². The predicted molar refractivity (Wildman–Crippen MR) is 81.6 cm³/mol. The molecule has 0 bridgehead atoms. The number of sulfone groups is 1. The van der Waals surface area contributed by atoms with Gasteiger partial charge in [0.25, 0.3) is 0 Å². The molecule has 0 amide bonds. The number of rotatable bonds is 6. The minimum Gasteiger partial charge on any atom is -0.469 e. The summed E-state index contributed by atoms with van der Waals surface area (Å²) in [6, 6.07) is 7.19. The molecule has 1 fully saturated rings. The third kappa shape index (κ3) is 4.84. The summed E-state index contributed by atoms with van der Waals surface area (Å²) in [7, 11) is -1.80. The van der Waals surface area contributed by atoms with Gasteiger partial charge in [0.05, 0.1) is 25.0 Å². The summed E-state index contributed by atoms with van der Waals surface area (Å²) < 4.78 is 29.4. The molecule has 21 heavy (non-hydrogen) atoms. The topological polar surface area (TPSA) is 60.4 Å². The molecule has 1 aromatic rings. The van der Waals surface area contributed by atoms with E-state index in [4.69, 9.17) is 0 Å². The van der Waals surface area contributed by atoms with Gasteiger partial charge in [0, 0.05) is 0 Å². The molecule has 0 saturated heterocycles. The van der Waals surface area contributed by atoms with Gasteiger partial charge in [-0.1, -0.05) is 37.1 Å². The van der Waals surface area contributed by atoms with Crippen molar-refractivity contribution in [2.24, 2.45) is 5.92 Å². The molecule has 0 radical (unpaired) electrons. The molecule has 0 N–H and O–H groups in total. The van der Waals surface area contributed by atoms with E-state index in [0.29, 0.717) is 11.5 Å². The SMILES string of the molecule is COC(=O)Cc1ccccc1CS(=O)(=O)CC1CCCC1. The lowest BCUT2D eigenvalue weighted by Gasteiger charge is -2.12. The van der Waals surface area contributed by atoms with Crippen molar-refractivity contribution in [1.82, 2.24) is 0 Å². The van der Waals surface area contributed by atoms with Gasteiger partial charge in [-0.25, -0.2) is 8.42 Å². The van der Waals surface area contributed by atoms with Gasteiger partial charge >= 0.3 is 5.97 Å². The van der Waals surface area contributed by atoms with Crippen LogP contribution in [-0.4, -0.2) is 27.2 Å². The molecule has 1 saturated carbocycles. The largest absolute Gasteiger partial charge is 0.469 e. The molecular formula is C16H22O4S. The number of ether oxygens (including phenoxy) is 1. The van der Waals surface area contributed by atoms with Crippen LogP contribution in [0, 0.1) is 5.92 Å². The molecule has 0 spiro atoms. The van der Waals surface area contributed by atoms with Crippen molar-refractivity contribution in [1.29, 1.82) is 0 Å². The lowest BCUT2D eigenvalue weighted by molar-refractivity contribution is -0.139. The number of esters is 1. The minimum absolute atomic E-state index is 0.0106. The molecule has 4 nitrogen and oxygen atoms in total. The van der Waals surface area contributed by atoms with E-state index in [1.807, 2.05) is 6.07 Å². The van der Waals surface area contributed by atoms with Crippen LogP contribution < -0.4 is 0 Å². The zero-order chi connectivity index (χ0) is 15.3. The third-order valence-electron chi connectivity index (χ3n) is 4.02. The zero-order valence-electron chi connectivity index (χ0n) is 12.4. The third-order valence-corrected chi connectivity index (χ3v) is 5.75. The summed E-state index contributed by atoms with van der Waals surface area (Å²) in [6.45, 7) is 0. The highest BCUT2D eigenvalue weighted by molar-refractivity contribution is 7.90. The molecule has 5 heteroatoms. The van der Waals surface area contributed by atoms with E-state index in [1.165, 1.54) is 7.11 Å². The molecule has 116 valence electrons. The number of benzene rings is 1. The summed E-state index contributed by atoms with van der Waals surface area (Å²) in [4.78, 5) is 11.4. The van der Waals surface area contributed by atoms with Crippen molar-refractivity contribution in [2.75, 3.05) is 12.9 Å². The Morgan fingerprint density at radius 3 is 2.43 bits per heavy atom. The molecule has 2 rings (SSSR count). The molecule has 0 aliphatic heterocycles. The van der Waals surface area contributed by atoms with Gasteiger partial charge < -0.3 is 4.74 Å². The average molecular weight is 310 g/mol. The summed E-state index contributed by atoms with van der Waals surface area (Å²) in [6.07, 6.45) is 4.43. The predicted octanol–water partition coefficient (Wildman–Crippen LogP) is 2.51. The monoisotopic (exact) mass is 310 g/mol. The Morgan fingerprint density at radius 1 is 1.19 bits per heavy atom. The lowest BCUT2D eigenvalue weighted by atomic mass is 10.1. The number of carbonyl (C=O) groups is 1. The second kappa shape index (κ2) is 7.07. The van der Waals surface area contributed by atoms with Gasteiger partial charge in [-0.2, -0.15) is 0 Å². The quantitative estimate of drug-likeness (QED) is 0.758. The minimum atomic E-state index is -3.14. The van der Waals surface area contributed by atoms with Crippen molar-refractivity contribution < 1.29 is 17.9 Å². The van der Waals surface area contributed by atoms with Gasteiger partial charge in [0.15, 0.2) is 9.84 Å². The van der Waals surface area contributed by atoms with Crippen LogP contribution in [-0.2, 0) is 31.5 Å². The first kappa shape index (κ1) is 16.0. The van der Waals surface area contributed by atoms with Crippen LogP contribution in [0.4, 0.5) is 0 Å². The standard InChI is InChI=1S/C16H22O4S/c1-20-16(17)10-14-8-4-5-9-15(14)12-21(18,19)11-13-6-2-3-7-13/h4-5,8-9,13H,2-3,6-7,10-12H2,1H3. The van der Waals surface area contributed by atoms with Crippen LogP contribution in [0.5, 0.6) is 0 Å². The Morgan fingerprint density at radius 2 is 1.81 bits per heavy atom. The molecule has 1 aliphatic rings. The Balaban J connectivity index is 2.09. The maximum Gasteiger partial charge on any atom is 0.309 e. The summed E-state index contributed by atoms with van der Waals surface area (Å²) in [5.41, 5.74) is 1.44. The Labute approximate surface area is 126 Å². The molecule has 0 atom stereocenters. The fraction of sp³-hybridized carbons (Fsp3) is 0.562. The molecule has 1 aromatic carbocycles. The van der Waals surface area contributed by atoms with Crippen molar-refractivity contribution >= 4 is 15.8 Å². The first-order valence-corrected chi connectivity index (χ1v) is 9.16. The number of methoxy groups -OCH3 is 1. The van der Waals surface area contributed by atoms with E-state index in [1.54, 1.807) is 18.2 Å². The number of carbonyl (C=O) groups excluding carboxylic acids is 1. The van der Waals surface area contributed by atoms with E-state index in [0.717, 1.165) is 31.2 Å². The fourth-order valence-electron chi connectivity index (χ4n) is 2.93. The van der Waals surface area contributed by atoms with Crippen molar-refractivity contribution in [3.63, 3.8) is 0 Å². The van der Waals surface area contributed by atoms with E-state index in [9.17, 15) is 13.2 Å². The summed E-state index contributed by atoms with van der Waals surface area (Å²) >= 11 is 0. The fourth-order valence-corrected chi connectivity index (χ4v) is 4.86. The number of hydrogen-bond acceptors (Lipinski definition) is 4. The normalized spacial score (nSPS) is 16.0. The lowest BCUT2D eigenvalue weighted by Crippen LogP contribution is -2.17. The molecule has 0 aromatic heterocycles. The summed E-state index contributed by atoms with van der Waals surface area (Å²) in [5.74, 6) is 0.231. The number of hydrogen-bond donors (Lipinski definition) is 0. The highest BCUT2D eigenvalue weighted by Gasteiger charge is 2.23. The summed E-state index contributed by atoms with van der Waals surface area (Å²) in [5, 5.41) is 0. The average Bonchev–Trinajstić information content (AvgIpc) is 2.92. The Kier molecular flexibility index (Phi) is 5.39. The van der Waals surface area contributed by atoms with Crippen molar-refractivity contribution in [2.45, 2.75) is 37.9 Å². The smallest absolute Gasteiger partial charge is 0.309 e.